The molecule has 0 spiro atoms. The van der Waals surface area contributed by atoms with Crippen LogP contribution < -0.4 is 4.74 Å². The van der Waals surface area contributed by atoms with Gasteiger partial charge >= 0.3 is 0 Å². The van der Waals surface area contributed by atoms with Gasteiger partial charge in [0.25, 0.3) is 0 Å². The molecule has 0 N–H and O–H groups in total. The third-order valence-corrected chi connectivity index (χ3v) is 6.18. The first kappa shape index (κ1) is 17.5. The van der Waals surface area contributed by atoms with Crippen LogP contribution in [0.2, 0.25) is 0 Å². The first-order chi connectivity index (χ1) is 12.4. The molecule has 0 heterocycles. The largest absolute Gasteiger partial charge is 0.497 e. The Morgan fingerprint density at radius 3 is 2.08 bits per heavy atom. The molecule has 1 aromatic rings. The summed E-state index contributed by atoms with van der Waals surface area (Å²) in [5.74, 6) is -0.987. The highest BCUT2D eigenvalue weighted by Crippen LogP contribution is 2.70. The van der Waals surface area contributed by atoms with Crippen LogP contribution in [0.3, 0.4) is 0 Å². The Balaban J connectivity index is 2.25. The van der Waals surface area contributed by atoms with Crippen molar-refractivity contribution in [2.24, 2.45) is 22.2 Å². The maximum atomic E-state index is 12.9. The normalized spacial score (nSPS) is 30.3. The Morgan fingerprint density at radius 2 is 1.62 bits per heavy atom. The van der Waals surface area contributed by atoms with E-state index in [2.05, 4.69) is 0 Å². The summed E-state index contributed by atoms with van der Waals surface area (Å²) in [4.78, 5) is 12.9. The Hall–Kier alpha value is -3.35. The Morgan fingerprint density at radius 1 is 1.04 bits per heavy atom. The zero-order valence-corrected chi connectivity index (χ0v) is 14.5. The summed E-state index contributed by atoms with van der Waals surface area (Å²) in [7, 11) is 1.55. The lowest BCUT2D eigenvalue weighted by Gasteiger charge is -2.59. The number of hydrogen-bond acceptors (Lipinski definition) is 6. The van der Waals surface area contributed by atoms with Crippen LogP contribution in [-0.2, 0) is 4.79 Å². The van der Waals surface area contributed by atoms with E-state index in [1.54, 1.807) is 38.3 Å². The zero-order chi connectivity index (χ0) is 19.2. The van der Waals surface area contributed by atoms with Crippen LogP contribution in [0.25, 0.3) is 0 Å². The molecular weight excluding hydrogens is 328 g/mol. The number of carbonyl (C=O) groups excluding carboxylic acids is 1. The van der Waals surface area contributed by atoms with Crippen molar-refractivity contribution in [2.75, 3.05) is 7.11 Å². The first-order valence-electron chi connectivity index (χ1n) is 8.20. The van der Waals surface area contributed by atoms with Gasteiger partial charge < -0.3 is 4.74 Å². The maximum absolute atomic E-state index is 12.9. The number of ether oxygens (including phenoxy) is 1. The fourth-order valence-corrected chi connectivity index (χ4v) is 4.90. The van der Waals surface area contributed by atoms with Crippen molar-refractivity contribution in [1.82, 2.24) is 0 Å². The highest BCUT2D eigenvalue weighted by molar-refractivity contribution is 5.88. The number of benzene rings is 1. The van der Waals surface area contributed by atoms with Crippen molar-refractivity contribution in [1.29, 1.82) is 21.0 Å². The molecule has 6 nitrogen and oxygen atoms in total. The molecule has 0 unspecified atom stereocenters. The van der Waals surface area contributed by atoms with Crippen molar-refractivity contribution in [3.05, 3.63) is 29.8 Å². The number of Topliss-reactive ketones (excluding diaryl/α,β-unsaturated/α-hetero) is 1. The summed E-state index contributed by atoms with van der Waals surface area (Å²) >= 11 is 0. The average Bonchev–Trinajstić information content (AvgIpc) is 2.66. The second-order valence-electron chi connectivity index (χ2n) is 7.27. The number of nitriles is 4. The van der Waals surface area contributed by atoms with Crippen LogP contribution in [0.4, 0.5) is 0 Å². The molecule has 3 atom stereocenters. The Kier molecular flexibility index (Phi) is 3.75. The lowest BCUT2D eigenvalue weighted by molar-refractivity contribution is -0.153. The van der Waals surface area contributed by atoms with E-state index < -0.39 is 28.1 Å². The summed E-state index contributed by atoms with van der Waals surface area (Å²) in [5, 5.41) is 39.5. The van der Waals surface area contributed by atoms with Crippen molar-refractivity contribution < 1.29 is 9.53 Å². The highest BCUT2D eigenvalue weighted by atomic mass is 16.5. The molecule has 2 bridgehead atoms. The molecule has 0 aromatic heterocycles. The molecular formula is C20H16N4O2. The van der Waals surface area contributed by atoms with E-state index in [4.69, 9.17) is 4.74 Å². The number of rotatable bonds is 2. The van der Waals surface area contributed by atoms with Crippen molar-refractivity contribution in [2.45, 2.75) is 25.7 Å². The van der Waals surface area contributed by atoms with E-state index in [0.717, 1.165) is 5.56 Å². The van der Waals surface area contributed by atoms with Crippen molar-refractivity contribution in [3.8, 4) is 30.0 Å². The molecule has 128 valence electrons. The maximum Gasteiger partial charge on any atom is 0.186 e. The number of fused-ring (bicyclic) bond motifs is 3. The fraction of sp³-hybridized carbons (Fsp3) is 0.450. The van der Waals surface area contributed by atoms with Crippen LogP contribution in [0, 0.1) is 67.5 Å². The molecule has 6 heteroatoms. The Labute approximate surface area is 151 Å². The number of nitrogens with zero attached hydrogens (tertiary/aromatic N) is 4. The van der Waals surface area contributed by atoms with Gasteiger partial charge in [-0.15, -0.1) is 0 Å². The molecule has 3 aliphatic rings. The van der Waals surface area contributed by atoms with Gasteiger partial charge in [-0.25, -0.2) is 0 Å². The summed E-state index contributed by atoms with van der Waals surface area (Å²) in [6.07, 6.45) is 0.415. The smallest absolute Gasteiger partial charge is 0.186 e. The monoisotopic (exact) mass is 344 g/mol. The molecule has 4 rings (SSSR count). The van der Waals surface area contributed by atoms with E-state index in [1.807, 2.05) is 24.3 Å². The fourth-order valence-electron chi connectivity index (χ4n) is 4.90. The summed E-state index contributed by atoms with van der Waals surface area (Å²) < 4.78 is 5.15. The molecule has 3 saturated carbocycles. The average molecular weight is 344 g/mol. The van der Waals surface area contributed by atoms with Gasteiger partial charge in [0.15, 0.2) is 10.8 Å². The van der Waals surface area contributed by atoms with Crippen LogP contribution in [0.15, 0.2) is 24.3 Å². The lowest BCUT2D eigenvalue weighted by Crippen LogP contribution is -2.66. The SMILES string of the molecule is COc1ccc([C@H]2C[C@@]3(C)CC(=O)[C@H]2C(C#N)(C#N)C3(C#N)C#N)cc1. The Bertz CT molecular complexity index is 910. The molecule has 0 saturated heterocycles. The number of methoxy groups -OCH3 is 1. The van der Waals surface area contributed by atoms with E-state index in [0.29, 0.717) is 12.2 Å². The van der Waals surface area contributed by atoms with Gasteiger partial charge in [-0.2, -0.15) is 21.0 Å². The third-order valence-electron chi connectivity index (χ3n) is 6.18. The van der Waals surface area contributed by atoms with Gasteiger partial charge in [-0.05, 0) is 30.0 Å². The predicted molar refractivity (Wildman–Crippen MR) is 88.9 cm³/mol. The van der Waals surface area contributed by atoms with Crippen LogP contribution in [0.1, 0.15) is 31.2 Å². The quantitative estimate of drug-likeness (QED) is 0.813. The summed E-state index contributed by atoms with van der Waals surface area (Å²) in [5.41, 5.74) is -4.11. The molecule has 3 aliphatic carbocycles. The predicted octanol–water partition coefficient (Wildman–Crippen LogP) is 2.84. The van der Waals surface area contributed by atoms with E-state index in [9.17, 15) is 25.8 Å². The van der Waals surface area contributed by atoms with Crippen LogP contribution in [0.5, 0.6) is 5.75 Å². The van der Waals surface area contributed by atoms with Crippen LogP contribution >= 0.6 is 0 Å². The number of carbonyl (C=O) groups is 1. The van der Waals surface area contributed by atoms with Gasteiger partial charge in [0.2, 0.25) is 0 Å². The lowest BCUT2D eigenvalue weighted by atomic mass is 9.35. The van der Waals surface area contributed by atoms with Gasteiger partial charge in [0.05, 0.1) is 37.3 Å². The molecule has 26 heavy (non-hydrogen) atoms. The molecule has 0 radical (unpaired) electrons. The van der Waals surface area contributed by atoms with Gasteiger partial charge in [0, 0.05) is 11.8 Å². The summed E-state index contributed by atoms with van der Waals surface area (Å²) in [6.45, 7) is 1.67. The second-order valence-corrected chi connectivity index (χ2v) is 7.27. The van der Waals surface area contributed by atoms with Crippen molar-refractivity contribution >= 4 is 5.78 Å². The third kappa shape index (κ3) is 1.79. The topological polar surface area (TPSA) is 121 Å². The first-order valence-corrected chi connectivity index (χ1v) is 8.20. The second kappa shape index (κ2) is 5.59. The zero-order valence-electron chi connectivity index (χ0n) is 14.5. The highest BCUT2D eigenvalue weighted by Gasteiger charge is 2.77. The van der Waals surface area contributed by atoms with Gasteiger partial charge in [0.1, 0.15) is 11.5 Å². The van der Waals surface area contributed by atoms with Crippen LogP contribution in [-0.4, -0.2) is 12.9 Å². The minimum atomic E-state index is -2.00. The standard InChI is InChI=1S/C20H16N4O2/c1-18-7-15(13-3-5-14(26-2)6-4-13)17(16(25)8-18)19(9-21,10-22)20(18,11-23)12-24/h3-6,15,17H,7-8H2,1-2H3/t15-,17+,18+/m1/s1. The number of ketones is 1. The molecule has 0 aliphatic heterocycles. The number of hydrogen-bond donors (Lipinski definition) is 0. The summed E-state index contributed by atoms with van der Waals surface area (Å²) in [6, 6.07) is 14.9. The minimum absolute atomic E-state index is 0.0244. The molecule has 0 amide bonds. The molecule has 1 aromatic carbocycles. The van der Waals surface area contributed by atoms with E-state index in [-0.39, 0.29) is 12.2 Å². The van der Waals surface area contributed by atoms with E-state index >= 15 is 0 Å². The van der Waals surface area contributed by atoms with Crippen molar-refractivity contribution in [3.63, 3.8) is 0 Å². The van der Waals surface area contributed by atoms with Gasteiger partial charge in [-0.1, -0.05) is 19.1 Å². The minimum Gasteiger partial charge on any atom is -0.497 e. The van der Waals surface area contributed by atoms with E-state index in [1.165, 1.54) is 0 Å². The van der Waals surface area contributed by atoms with Gasteiger partial charge in [-0.3, -0.25) is 4.79 Å². The molecule has 3 fully saturated rings.